The predicted octanol–water partition coefficient (Wildman–Crippen LogP) is 2.38. The molecule has 4 nitrogen and oxygen atoms in total. The number of hydrogen-bond donors (Lipinski definition) is 1. The van der Waals surface area contributed by atoms with Gasteiger partial charge in [0.15, 0.2) is 11.6 Å². The maximum atomic E-state index is 13.9. The van der Waals surface area contributed by atoms with E-state index in [0.717, 1.165) is 12.0 Å². The number of hydrogen-bond acceptors (Lipinski definition) is 3. The van der Waals surface area contributed by atoms with Gasteiger partial charge in [-0.3, -0.25) is 4.68 Å². The van der Waals surface area contributed by atoms with Gasteiger partial charge in [0.25, 0.3) is 0 Å². The van der Waals surface area contributed by atoms with Crippen molar-refractivity contribution in [2.75, 3.05) is 12.8 Å². The third-order valence-corrected chi connectivity index (χ3v) is 2.99. The zero-order valence-electron chi connectivity index (χ0n) is 10.7. The molecule has 0 radical (unpaired) electrons. The Morgan fingerprint density at radius 3 is 2.61 bits per heavy atom. The van der Waals surface area contributed by atoms with Crippen molar-refractivity contribution in [1.82, 2.24) is 9.78 Å². The summed E-state index contributed by atoms with van der Waals surface area (Å²) in [6.07, 6.45) is 2.36. The first-order valence-electron chi connectivity index (χ1n) is 5.72. The van der Waals surface area contributed by atoms with E-state index >= 15 is 0 Å². The summed E-state index contributed by atoms with van der Waals surface area (Å²) in [7, 11) is 3.19. The van der Waals surface area contributed by atoms with Crippen LogP contribution in [0.3, 0.4) is 0 Å². The van der Waals surface area contributed by atoms with Gasteiger partial charge in [-0.25, -0.2) is 4.39 Å². The van der Waals surface area contributed by atoms with Crippen LogP contribution in [0.1, 0.15) is 12.5 Å². The lowest BCUT2D eigenvalue weighted by Crippen LogP contribution is -2.00. The fraction of sp³-hybridized carbons (Fsp3) is 0.308. The van der Waals surface area contributed by atoms with Gasteiger partial charge in [0, 0.05) is 18.2 Å². The number of nitrogens with zero attached hydrogens (tertiary/aromatic N) is 2. The Balaban J connectivity index is 2.68. The monoisotopic (exact) mass is 249 g/mol. The minimum absolute atomic E-state index is 0.201. The number of nitrogens with two attached hydrogens (primary N) is 1. The lowest BCUT2D eigenvalue weighted by atomic mass is 10.0. The molecule has 1 heterocycles. The number of halogens is 1. The summed E-state index contributed by atoms with van der Waals surface area (Å²) in [6, 6.07) is 3.37. The van der Waals surface area contributed by atoms with Crippen LogP contribution in [0, 0.1) is 5.82 Å². The van der Waals surface area contributed by atoms with Crippen LogP contribution >= 0.6 is 0 Å². The molecule has 0 aliphatic rings. The first kappa shape index (κ1) is 12.4. The largest absolute Gasteiger partial charge is 0.493 e. The van der Waals surface area contributed by atoms with Gasteiger partial charge in [-0.2, -0.15) is 5.10 Å². The second-order valence-electron chi connectivity index (χ2n) is 4.08. The van der Waals surface area contributed by atoms with Gasteiger partial charge in [-0.05, 0) is 24.1 Å². The lowest BCUT2D eigenvalue weighted by molar-refractivity contribution is 0.388. The van der Waals surface area contributed by atoms with E-state index in [1.54, 1.807) is 17.9 Å². The Morgan fingerprint density at radius 1 is 1.39 bits per heavy atom. The van der Waals surface area contributed by atoms with Crippen LogP contribution < -0.4 is 10.5 Å². The molecule has 2 N–H and O–H groups in total. The zero-order chi connectivity index (χ0) is 13.3. The van der Waals surface area contributed by atoms with Crippen LogP contribution in [0.25, 0.3) is 11.1 Å². The molecular formula is C13H16FN3O. The molecule has 2 aromatic rings. The van der Waals surface area contributed by atoms with Gasteiger partial charge < -0.3 is 10.5 Å². The van der Waals surface area contributed by atoms with Crippen molar-refractivity contribution in [3.05, 3.63) is 29.7 Å². The smallest absolute Gasteiger partial charge is 0.165 e. The Bertz CT molecular complexity index is 578. The van der Waals surface area contributed by atoms with E-state index < -0.39 is 0 Å². The number of benzene rings is 1. The van der Waals surface area contributed by atoms with E-state index in [2.05, 4.69) is 5.10 Å². The highest BCUT2D eigenvalue weighted by molar-refractivity contribution is 5.79. The molecule has 0 amide bonds. The van der Waals surface area contributed by atoms with Gasteiger partial charge in [-0.1, -0.05) is 6.92 Å². The molecular weight excluding hydrogens is 233 g/mol. The number of ether oxygens (including phenoxy) is 1. The Morgan fingerprint density at radius 2 is 2.11 bits per heavy atom. The van der Waals surface area contributed by atoms with Crippen LogP contribution in [0.4, 0.5) is 10.2 Å². The fourth-order valence-corrected chi connectivity index (χ4v) is 1.92. The normalized spacial score (nSPS) is 10.7. The molecule has 2 rings (SSSR count). The standard InChI is InChI=1S/C13H16FN3O/c1-4-8-5-9(12(18-3)11(14)6-8)10-7-16-17(2)13(10)15/h5-7H,4,15H2,1-3H3. The molecule has 0 saturated carbocycles. The first-order valence-corrected chi connectivity index (χ1v) is 5.72. The highest BCUT2D eigenvalue weighted by Crippen LogP contribution is 2.36. The molecule has 1 aromatic heterocycles. The third kappa shape index (κ3) is 1.92. The average Bonchev–Trinajstić information content (AvgIpc) is 2.69. The SMILES string of the molecule is CCc1cc(F)c(OC)c(-c2cnn(C)c2N)c1. The van der Waals surface area contributed by atoms with Crippen LogP contribution in [0.15, 0.2) is 18.3 Å². The van der Waals surface area contributed by atoms with E-state index in [0.29, 0.717) is 16.9 Å². The Labute approximate surface area is 105 Å². The number of aromatic nitrogens is 2. The third-order valence-electron chi connectivity index (χ3n) is 2.99. The molecule has 0 unspecified atom stereocenters. The summed E-state index contributed by atoms with van der Waals surface area (Å²) in [5, 5.41) is 4.07. The molecule has 0 saturated heterocycles. The summed E-state index contributed by atoms with van der Waals surface area (Å²) >= 11 is 0. The molecule has 0 atom stereocenters. The zero-order valence-corrected chi connectivity index (χ0v) is 10.7. The van der Waals surface area contributed by atoms with Crippen LogP contribution in [0.2, 0.25) is 0 Å². The quantitative estimate of drug-likeness (QED) is 0.908. The van der Waals surface area contributed by atoms with Crippen molar-refractivity contribution in [3.8, 4) is 16.9 Å². The first-order chi connectivity index (χ1) is 8.58. The molecule has 0 bridgehead atoms. The lowest BCUT2D eigenvalue weighted by Gasteiger charge is -2.11. The van der Waals surface area contributed by atoms with Crippen molar-refractivity contribution in [2.45, 2.75) is 13.3 Å². The van der Waals surface area contributed by atoms with E-state index in [-0.39, 0.29) is 11.6 Å². The van der Waals surface area contributed by atoms with Crippen molar-refractivity contribution in [2.24, 2.45) is 7.05 Å². The van der Waals surface area contributed by atoms with Crippen molar-refractivity contribution >= 4 is 5.82 Å². The minimum atomic E-state index is -0.380. The maximum Gasteiger partial charge on any atom is 0.165 e. The average molecular weight is 249 g/mol. The maximum absolute atomic E-state index is 13.9. The van der Waals surface area contributed by atoms with Crippen LogP contribution in [-0.2, 0) is 13.5 Å². The van der Waals surface area contributed by atoms with E-state index in [4.69, 9.17) is 10.5 Å². The van der Waals surface area contributed by atoms with Gasteiger partial charge in [0.05, 0.1) is 13.3 Å². The molecule has 96 valence electrons. The topological polar surface area (TPSA) is 53.1 Å². The fourth-order valence-electron chi connectivity index (χ4n) is 1.92. The number of methoxy groups -OCH3 is 1. The Kier molecular flexibility index (Phi) is 3.23. The van der Waals surface area contributed by atoms with Crippen LogP contribution in [0.5, 0.6) is 5.75 Å². The van der Waals surface area contributed by atoms with E-state index in [1.165, 1.54) is 13.2 Å². The van der Waals surface area contributed by atoms with E-state index in [9.17, 15) is 4.39 Å². The highest BCUT2D eigenvalue weighted by atomic mass is 19.1. The summed E-state index contributed by atoms with van der Waals surface area (Å²) in [6.45, 7) is 1.97. The van der Waals surface area contributed by atoms with E-state index in [1.807, 2.05) is 13.0 Å². The van der Waals surface area contributed by atoms with Gasteiger partial charge in [-0.15, -0.1) is 0 Å². The highest BCUT2D eigenvalue weighted by Gasteiger charge is 2.17. The summed E-state index contributed by atoms with van der Waals surface area (Å²) in [5.74, 6) is 0.308. The molecule has 0 spiro atoms. The summed E-state index contributed by atoms with van der Waals surface area (Å²) < 4.78 is 20.6. The number of nitrogen functional groups attached to an aromatic ring is 1. The molecule has 18 heavy (non-hydrogen) atoms. The van der Waals surface area contributed by atoms with Gasteiger partial charge in [0.2, 0.25) is 0 Å². The molecule has 0 fully saturated rings. The second-order valence-corrected chi connectivity index (χ2v) is 4.08. The van der Waals surface area contributed by atoms with Gasteiger partial charge >= 0.3 is 0 Å². The van der Waals surface area contributed by atoms with Crippen molar-refractivity contribution in [3.63, 3.8) is 0 Å². The molecule has 1 aromatic carbocycles. The van der Waals surface area contributed by atoms with Crippen molar-refractivity contribution < 1.29 is 9.13 Å². The summed E-state index contributed by atoms with van der Waals surface area (Å²) in [5.41, 5.74) is 8.14. The number of aryl methyl sites for hydroxylation is 2. The molecule has 5 heteroatoms. The van der Waals surface area contributed by atoms with Crippen LogP contribution in [-0.4, -0.2) is 16.9 Å². The molecule has 0 aliphatic heterocycles. The predicted molar refractivity (Wildman–Crippen MR) is 68.9 cm³/mol. The minimum Gasteiger partial charge on any atom is -0.493 e. The van der Waals surface area contributed by atoms with Gasteiger partial charge in [0.1, 0.15) is 5.82 Å². The molecule has 0 aliphatic carbocycles. The second kappa shape index (κ2) is 4.68. The number of rotatable bonds is 3. The van der Waals surface area contributed by atoms with Crippen molar-refractivity contribution in [1.29, 1.82) is 0 Å². The summed E-state index contributed by atoms with van der Waals surface area (Å²) in [4.78, 5) is 0. The number of anilines is 1. The Hall–Kier alpha value is -2.04.